The van der Waals surface area contributed by atoms with Crippen LogP contribution in [0.4, 0.5) is 14.9 Å². The fraction of sp³-hybridized carbons (Fsp3) is 0.222. The molecule has 4 heterocycles. The topological polar surface area (TPSA) is 148 Å². The average Bonchev–Trinajstić information content (AvgIpc) is 3.38. The van der Waals surface area contributed by atoms with Crippen molar-refractivity contribution >= 4 is 61.9 Å². The minimum Gasteiger partial charge on any atom is -0.495 e. The van der Waals surface area contributed by atoms with Gasteiger partial charge in [-0.05, 0) is 32.0 Å². The highest BCUT2D eigenvalue weighted by Crippen LogP contribution is 2.37. The van der Waals surface area contributed by atoms with Gasteiger partial charge in [-0.15, -0.1) is 0 Å². The number of hydrogen-bond donors (Lipinski definition) is 1. The first kappa shape index (κ1) is 28.8. The van der Waals surface area contributed by atoms with E-state index in [4.69, 9.17) is 25.8 Å². The van der Waals surface area contributed by atoms with Gasteiger partial charge in [0.1, 0.15) is 33.3 Å². The highest BCUT2D eigenvalue weighted by Gasteiger charge is 2.23. The zero-order valence-electron chi connectivity index (χ0n) is 22.5. The molecule has 0 saturated carbocycles. The predicted octanol–water partition coefficient (Wildman–Crippen LogP) is 5.69. The van der Waals surface area contributed by atoms with Gasteiger partial charge in [0.2, 0.25) is 5.82 Å². The fourth-order valence-electron chi connectivity index (χ4n) is 3.76. The number of thiazole rings is 1. The van der Waals surface area contributed by atoms with Crippen LogP contribution in [0.1, 0.15) is 24.5 Å². The number of aromatic nitrogens is 5. The molecule has 1 amide bonds. The summed E-state index contributed by atoms with van der Waals surface area (Å²) in [5.74, 6) is -1.30. The first-order chi connectivity index (χ1) is 20.1. The number of hydrogen-bond acceptors (Lipinski definition) is 12. The Hall–Kier alpha value is -4.69. The van der Waals surface area contributed by atoms with Crippen LogP contribution in [-0.4, -0.2) is 63.4 Å². The summed E-state index contributed by atoms with van der Waals surface area (Å²) in [7, 11) is 2.75. The molecule has 0 fully saturated rings. The summed E-state index contributed by atoms with van der Waals surface area (Å²) in [6.45, 7) is 3.18. The third kappa shape index (κ3) is 6.14. The summed E-state index contributed by atoms with van der Waals surface area (Å²) in [5.41, 5.74) is 1.84. The van der Waals surface area contributed by atoms with Crippen molar-refractivity contribution in [2.45, 2.75) is 26.1 Å². The Morgan fingerprint density at radius 2 is 1.76 bits per heavy atom. The number of anilines is 1. The Labute approximate surface area is 246 Å². The minimum absolute atomic E-state index is 0.162. The lowest BCUT2D eigenvalue weighted by molar-refractivity contribution is 0.0379. The molecule has 4 aromatic heterocycles. The van der Waals surface area contributed by atoms with Crippen LogP contribution in [-0.2, 0) is 9.47 Å². The van der Waals surface area contributed by atoms with Gasteiger partial charge in [-0.2, -0.15) is 4.98 Å². The summed E-state index contributed by atoms with van der Waals surface area (Å²) in [6.07, 6.45) is 1.62. The molecule has 216 valence electrons. The minimum atomic E-state index is -0.830. The smallest absolute Gasteiger partial charge is 0.412 e. The van der Waals surface area contributed by atoms with Crippen LogP contribution in [0, 0.1) is 5.82 Å². The van der Waals surface area contributed by atoms with E-state index in [9.17, 15) is 14.0 Å². The monoisotopic (exact) mass is 612 g/mol. The number of carbonyl (C=O) groups excluding carboxylic acids is 2. The molecule has 0 bridgehead atoms. The first-order valence-electron chi connectivity index (χ1n) is 12.3. The number of halogens is 2. The molecule has 2 unspecified atom stereocenters. The van der Waals surface area contributed by atoms with Crippen LogP contribution in [0.2, 0.25) is 5.02 Å². The Morgan fingerprint density at radius 1 is 1.00 bits per heavy atom. The van der Waals surface area contributed by atoms with Gasteiger partial charge < -0.3 is 18.9 Å². The second-order valence-corrected chi connectivity index (χ2v) is 10.3. The second kappa shape index (κ2) is 12.0. The van der Waals surface area contributed by atoms with Gasteiger partial charge in [0.25, 0.3) is 5.88 Å². The number of esters is 1. The molecule has 2 atom stereocenters. The molecule has 0 aliphatic carbocycles. The SMILES string of the molecule is COC(=O)c1ncc(NC(=O)OC(C)C(C)Oc2nc3sc(-c4cc(Cl)cc5cc(OC)cnc45)nc3cc2F)cn1. The number of benzene rings is 1. The molecule has 5 rings (SSSR count). The molecule has 0 aliphatic rings. The first-order valence-corrected chi connectivity index (χ1v) is 13.5. The van der Waals surface area contributed by atoms with Crippen LogP contribution < -0.4 is 14.8 Å². The van der Waals surface area contributed by atoms with E-state index < -0.39 is 30.1 Å². The van der Waals surface area contributed by atoms with E-state index in [2.05, 4.69) is 35.0 Å². The number of fused-ring (bicyclic) bond motifs is 2. The largest absolute Gasteiger partial charge is 0.495 e. The van der Waals surface area contributed by atoms with Gasteiger partial charge in [-0.25, -0.2) is 28.9 Å². The van der Waals surface area contributed by atoms with Crippen LogP contribution in [0.5, 0.6) is 11.6 Å². The number of ether oxygens (including phenoxy) is 4. The molecule has 0 radical (unpaired) electrons. The lowest BCUT2D eigenvalue weighted by Gasteiger charge is -2.21. The molecule has 1 aromatic carbocycles. The van der Waals surface area contributed by atoms with Crippen molar-refractivity contribution in [1.29, 1.82) is 0 Å². The molecule has 1 N–H and O–H groups in total. The zero-order valence-corrected chi connectivity index (χ0v) is 24.1. The summed E-state index contributed by atoms with van der Waals surface area (Å²) >= 11 is 7.58. The van der Waals surface area contributed by atoms with E-state index in [1.807, 2.05) is 6.07 Å². The zero-order chi connectivity index (χ0) is 30.0. The molecular formula is C27H22ClFN6O6S. The van der Waals surface area contributed by atoms with Crippen molar-refractivity contribution in [3.8, 4) is 22.2 Å². The molecule has 0 spiro atoms. The van der Waals surface area contributed by atoms with Crippen molar-refractivity contribution in [3.63, 3.8) is 0 Å². The van der Waals surface area contributed by atoms with Gasteiger partial charge in [-0.1, -0.05) is 22.9 Å². The van der Waals surface area contributed by atoms with E-state index >= 15 is 0 Å². The fourth-order valence-corrected chi connectivity index (χ4v) is 4.92. The number of nitrogens with one attached hydrogen (secondary N) is 1. The van der Waals surface area contributed by atoms with E-state index in [1.165, 1.54) is 36.9 Å². The number of carbonyl (C=O) groups is 2. The molecule has 12 nitrogen and oxygen atoms in total. The van der Waals surface area contributed by atoms with Crippen molar-refractivity contribution in [2.75, 3.05) is 19.5 Å². The van der Waals surface area contributed by atoms with Gasteiger partial charge in [0, 0.05) is 22.0 Å². The molecule has 0 saturated heterocycles. The number of amides is 1. The summed E-state index contributed by atoms with van der Waals surface area (Å²) in [6, 6.07) is 6.55. The molecule has 42 heavy (non-hydrogen) atoms. The van der Waals surface area contributed by atoms with Crippen molar-refractivity contribution < 1.29 is 32.9 Å². The van der Waals surface area contributed by atoms with Gasteiger partial charge in [-0.3, -0.25) is 10.3 Å². The van der Waals surface area contributed by atoms with Crippen LogP contribution in [0.3, 0.4) is 0 Å². The number of methoxy groups -OCH3 is 2. The highest BCUT2D eigenvalue weighted by atomic mass is 35.5. The molecular weight excluding hydrogens is 591 g/mol. The summed E-state index contributed by atoms with van der Waals surface area (Å²) in [4.78, 5) is 45.2. The number of nitrogens with zero attached hydrogens (tertiary/aromatic N) is 5. The van der Waals surface area contributed by atoms with Crippen molar-refractivity contribution in [3.05, 3.63) is 59.5 Å². The van der Waals surface area contributed by atoms with Crippen LogP contribution in [0.25, 0.3) is 31.8 Å². The lowest BCUT2D eigenvalue weighted by Crippen LogP contribution is -2.33. The lowest BCUT2D eigenvalue weighted by atomic mass is 10.1. The highest BCUT2D eigenvalue weighted by molar-refractivity contribution is 7.21. The predicted molar refractivity (Wildman–Crippen MR) is 153 cm³/mol. The van der Waals surface area contributed by atoms with Crippen molar-refractivity contribution in [1.82, 2.24) is 24.9 Å². The third-order valence-electron chi connectivity index (χ3n) is 6.01. The van der Waals surface area contributed by atoms with E-state index in [0.29, 0.717) is 37.2 Å². The Morgan fingerprint density at radius 3 is 2.48 bits per heavy atom. The van der Waals surface area contributed by atoms with Gasteiger partial charge >= 0.3 is 12.1 Å². The average molecular weight is 613 g/mol. The number of rotatable bonds is 8. The van der Waals surface area contributed by atoms with E-state index in [0.717, 1.165) is 5.39 Å². The third-order valence-corrected chi connectivity index (χ3v) is 7.23. The quantitative estimate of drug-likeness (QED) is 0.215. The van der Waals surface area contributed by atoms with Crippen LogP contribution in [0.15, 0.2) is 42.9 Å². The Balaban J connectivity index is 1.30. The number of pyridine rings is 2. The summed E-state index contributed by atoms with van der Waals surface area (Å²) < 4.78 is 35.8. The molecule has 15 heteroatoms. The second-order valence-electron chi connectivity index (χ2n) is 8.86. The molecule has 5 aromatic rings. The van der Waals surface area contributed by atoms with Gasteiger partial charge in [0.15, 0.2) is 5.82 Å². The maximum Gasteiger partial charge on any atom is 0.412 e. The maximum absolute atomic E-state index is 15.0. The van der Waals surface area contributed by atoms with Crippen molar-refractivity contribution in [2.24, 2.45) is 0 Å². The van der Waals surface area contributed by atoms with E-state index in [-0.39, 0.29) is 17.4 Å². The van der Waals surface area contributed by atoms with Crippen LogP contribution >= 0.6 is 22.9 Å². The Bertz CT molecular complexity index is 1800. The molecule has 0 aliphatic heterocycles. The Kier molecular flexibility index (Phi) is 8.27. The standard InChI is InChI=1S/C27H22ClFN6O6S/c1-12(13(2)41-27(37)33-16-9-31-22(32-10-16)26(36)39-4)40-23-19(29)8-20-25(35-23)42-24(34-20)18-7-15(28)5-14-6-17(38-3)11-30-21(14)18/h5-13H,1-4H3,(H,33,37). The normalized spacial score (nSPS) is 12.5. The summed E-state index contributed by atoms with van der Waals surface area (Å²) in [5, 5.41) is 4.23. The van der Waals surface area contributed by atoms with Gasteiger partial charge in [0.05, 0.1) is 44.0 Å². The maximum atomic E-state index is 15.0. The van der Waals surface area contributed by atoms with E-state index in [1.54, 1.807) is 39.3 Å².